The predicted molar refractivity (Wildman–Crippen MR) is 114 cm³/mol. The van der Waals surface area contributed by atoms with Gasteiger partial charge in [-0.2, -0.15) is 0 Å². The van der Waals surface area contributed by atoms with E-state index in [1.165, 1.54) is 0 Å². The Bertz CT molecular complexity index is 1140. The normalized spacial score (nSPS) is 15.1. The monoisotopic (exact) mass is 388 g/mol. The maximum absolute atomic E-state index is 13.5. The second-order valence-corrected chi connectivity index (χ2v) is 7.87. The van der Waals surface area contributed by atoms with Crippen molar-refractivity contribution in [3.05, 3.63) is 65.8 Å². The number of fused-ring (bicyclic) bond motifs is 3. The highest BCUT2D eigenvalue weighted by molar-refractivity contribution is 7.13. The number of benzene rings is 2. The molecule has 6 heteroatoms. The first-order chi connectivity index (χ1) is 13.8. The molecule has 3 heterocycles. The number of thiazole rings is 1. The van der Waals surface area contributed by atoms with Gasteiger partial charge in [0.1, 0.15) is 0 Å². The molecule has 0 aliphatic carbocycles. The van der Waals surface area contributed by atoms with Crippen LogP contribution in [-0.2, 0) is 0 Å². The predicted octanol–water partition coefficient (Wildman–Crippen LogP) is 4.20. The minimum Gasteiger partial charge on any atom is -0.346 e. The van der Waals surface area contributed by atoms with E-state index in [-0.39, 0.29) is 5.91 Å². The van der Waals surface area contributed by atoms with Crippen LogP contribution in [0.15, 0.2) is 60.2 Å². The van der Waals surface area contributed by atoms with E-state index in [0.717, 1.165) is 52.9 Å². The van der Waals surface area contributed by atoms with Crippen LogP contribution in [0.2, 0.25) is 0 Å². The molecule has 5 rings (SSSR count). The van der Waals surface area contributed by atoms with Crippen LogP contribution in [0.1, 0.15) is 16.8 Å². The molecule has 1 fully saturated rings. The van der Waals surface area contributed by atoms with Gasteiger partial charge in [-0.1, -0.05) is 30.3 Å². The molecule has 1 amide bonds. The molecule has 0 unspecified atom stereocenters. The Balaban J connectivity index is 1.50. The fourth-order valence-corrected chi connectivity index (χ4v) is 4.64. The first-order valence-electron chi connectivity index (χ1n) is 9.51. The number of rotatable bonds is 2. The first-order valence-corrected chi connectivity index (χ1v) is 10.4. The van der Waals surface area contributed by atoms with Crippen molar-refractivity contribution >= 4 is 44.1 Å². The molecule has 5 nitrogen and oxygen atoms in total. The zero-order valence-electron chi connectivity index (χ0n) is 15.4. The molecule has 1 aliphatic rings. The van der Waals surface area contributed by atoms with Crippen LogP contribution in [0.4, 0.5) is 5.13 Å². The van der Waals surface area contributed by atoms with Crippen molar-refractivity contribution in [1.82, 2.24) is 14.9 Å². The molecule has 0 atom stereocenters. The van der Waals surface area contributed by atoms with E-state index >= 15 is 0 Å². The molecule has 0 spiro atoms. The summed E-state index contributed by atoms with van der Waals surface area (Å²) >= 11 is 1.65. The summed E-state index contributed by atoms with van der Waals surface area (Å²) in [5.74, 6) is 0.0652. The SMILES string of the molecule is O=C(c1cc2ccccc2c2cccnc12)N1CCCN(c2nccs2)CC1. The van der Waals surface area contributed by atoms with Crippen LogP contribution >= 0.6 is 11.3 Å². The third-order valence-electron chi connectivity index (χ3n) is 5.32. The van der Waals surface area contributed by atoms with Gasteiger partial charge in [-0.05, 0) is 29.3 Å². The Morgan fingerprint density at radius 1 is 0.929 bits per heavy atom. The van der Waals surface area contributed by atoms with Gasteiger partial charge in [0.05, 0.1) is 11.1 Å². The first kappa shape index (κ1) is 17.1. The van der Waals surface area contributed by atoms with Gasteiger partial charge in [0.25, 0.3) is 5.91 Å². The van der Waals surface area contributed by atoms with Crippen molar-refractivity contribution in [3.8, 4) is 0 Å². The number of amides is 1. The number of nitrogens with zero attached hydrogens (tertiary/aromatic N) is 4. The molecular formula is C22H20N4OS. The topological polar surface area (TPSA) is 49.3 Å². The van der Waals surface area contributed by atoms with Crippen molar-refractivity contribution in [1.29, 1.82) is 0 Å². The maximum Gasteiger partial charge on any atom is 0.256 e. The van der Waals surface area contributed by atoms with Crippen LogP contribution < -0.4 is 4.90 Å². The molecule has 1 saturated heterocycles. The second kappa shape index (κ2) is 7.20. The van der Waals surface area contributed by atoms with E-state index in [9.17, 15) is 4.79 Å². The zero-order valence-corrected chi connectivity index (χ0v) is 16.2. The van der Waals surface area contributed by atoms with Gasteiger partial charge in [-0.15, -0.1) is 11.3 Å². The van der Waals surface area contributed by atoms with Crippen LogP contribution in [0.3, 0.4) is 0 Å². The van der Waals surface area contributed by atoms with Gasteiger partial charge in [-0.25, -0.2) is 4.98 Å². The van der Waals surface area contributed by atoms with Crippen molar-refractivity contribution in [3.63, 3.8) is 0 Å². The highest BCUT2D eigenvalue weighted by Crippen LogP contribution is 2.28. The Kier molecular flexibility index (Phi) is 4.41. The smallest absolute Gasteiger partial charge is 0.256 e. The number of carbonyl (C=O) groups is 1. The van der Waals surface area contributed by atoms with E-state index in [1.54, 1.807) is 17.5 Å². The molecule has 140 valence electrons. The summed E-state index contributed by atoms with van der Waals surface area (Å²) in [5, 5.41) is 6.27. The largest absolute Gasteiger partial charge is 0.346 e. The molecule has 2 aromatic carbocycles. The van der Waals surface area contributed by atoms with E-state index in [0.29, 0.717) is 12.1 Å². The lowest BCUT2D eigenvalue weighted by molar-refractivity contribution is 0.0769. The number of aromatic nitrogens is 2. The van der Waals surface area contributed by atoms with Gasteiger partial charge in [0.2, 0.25) is 0 Å². The number of hydrogen-bond donors (Lipinski definition) is 0. The van der Waals surface area contributed by atoms with E-state index in [2.05, 4.69) is 27.0 Å². The number of anilines is 1. The summed E-state index contributed by atoms with van der Waals surface area (Å²) in [6, 6.07) is 14.2. The van der Waals surface area contributed by atoms with E-state index in [4.69, 9.17) is 0 Å². The fourth-order valence-electron chi connectivity index (χ4n) is 3.95. The lowest BCUT2D eigenvalue weighted by Crippen LogP contribution is -2.35. The molecule has 0 bridgehead atoms. The summed E-state index contributed by atoms with van der Waals surface area (Å²) in [6.07, 6.45) is 4.53. The molecule has 0 N–H and O–H groups in total. The van der Waals surface area contributed by atoms with Crippen molar-refractivity contribution in [2.45, 2.75) is 6.42 Å². The minimum absolute atomic E-state index is 0.0652. The van der Waals surface area contributed by atoms with Crippen LogP contribution in [0.25, 0.3) is 21.7 Å². The summed E-state index contributed by atoms with van der Waals surface area (Å²) in [5.41, 5.74) is 1.48. The zero-order chi connectivity index (χ0) is 18.9. The van der Waals surface area contributed by atoms with Crippen molar-refractivity contribution in [2.75, 3.05) is 31.1 Å². The summed E-state index contributed by atoms with van der Waals surface area (Å²) in [6.45, 7) is 3.17. The highest BCUT2D eigenvalue weighted by atomic mass is 32.1. The minimum atomic E-state index is 0.0652. The van der Waals surface area contributed by atoms with Crippen molar-refractivity contribution < 1.29 is 4.79 Å². The number of hydrogen-bond acceptors (Lipinski definition) is 5. The van der Waals surface area contributed by atoms with Gasteiger partial charge >= 0.3 is 0 Å². The molecule has 28 heavy (non-hydrogen) atoms. The summed E-state index contributed by atoms with van der Waals surface area (Å²) < 4.78 is 0. The Morgan fingerprint density at radius 2 is 1.82 bits per heavy atom. The molecular weight excluding hydrogens is 368 g/mol. The molecule has 2 aromatic heterocycles. The van der Waals surface area contributed by atoms with Crippen LogP contribution in [0, 0.1) is 0 Å². The second-order valence-electron chi connectivity index (χ2n) is 6.99. The lowest BCUT2D eigenvalue weighted by atomic mass is 10.00. The molecule has 0 radical (unpaired) electrons. The van der Waals surface area contributed by atoms with Gasteiger partial charge in [0.15, 0.2) is 5.13 Å². The average molecular weight is 388 g/mol. The highest BCUT2D eigenvalue weighted by Gasteiger charge is 2.23. The van der Waals surface area contributed by atoms with Crippen LogP contribution in [-0.4, -0.2) is 47.0 Å². The van der Waals surface area contributed by atoms with E-state index in [1.807, 2.05) is 46.8 Å². The molecule has 1 aliphatic heterocycles. The van der Waals surface area contributed by atoms with Gasteiger partial charge < -0.3 is 9.80 Å². The Hall–Kier alpha value is -2.99. The third-order valence-corrected chi connectivity index (χ3v) is 6.15. The summed E-state index contributed by atoms with van der Waals surface area (Å²) in [7, 11) is 0. The number of carbonyl (C=O) groups excluding carboxylic acids is 1. The Labute approximate surface area is 167 Å². The van der Waals surface area contributed by atoms with Gasteiger partial charge in [0, 0.05) is 49.3 Å². The van der Waals surface area contributed by atoms with Crippen LogP contribution in [0.5, 0.6) is 0 Å². The van der Waals surface area contributed by atoms with Gasteiger partial charge in [-0.3, -0.25) is 9.78 Å². The average Bonchev–Trinajstić information content (AvgIpc) is 3.17. The van der Waals surface area contributed by atoms with Crippen molar-refractivity contribution in [2.24, 2.45) is 0 Å². The van der Waals surface area contributed by atoms with E-state index < -0.39 is 0 Å². The molecule has 0 saturated carbocycles. The third kappa shape index (κ3) is 2.99. The maximum atomic E-state index is 13.5. The standard InChI is InChI=1S/C22H20N4OS/c27-21(25-10-4-11-26(13-12-25)22-24-9-14-28-22)19-15-16-5-1-2-6-17(16)18-7-3-8-23-20(18)19/h1-3,5-9,14-15H,4,10-13H2. The fraction of sp³-hybridized carbons (Fsp3) is 0.227. The lowest BCUT2D eigenvalue weighted by Gasteiger charge is -2.22. The molecule has 4 aromatic rings. The Morgan fingerprint density at radius 3 is 2.71 bits per heavy atom. The quantitative estimate of drug-likeness (QED) is 0.483. The summed E-state index contributed by atoms with van der Waals surface area (Å²) in [4.78, 5) is 26.7. The number of pyridine rings is 1.